The Morgan fingerprint density at radius 2 is 1.96 bits per heavy atom. The van der Waals surface area contributed by atoms with Crippen LogP contribution in [0.1, 0.15) is 18.7 Å². The van der Waals surface area contributed by atoms with Crippen LogP contribution >= 0.6 is 0 Å². The number of benzene rings is 2. The third kappa shape index (κ3) is 4.67. The summed E-state index contributed by atoms with van der Waals surface area (Å²) in [5.74, 6) is 1.68. The Balaban J connectivity index is 1.48. The van der Waals surface area contributed by atoms with Crippen LogP contribution < -0.4 is 10.1 Å². The van der Waals surface area contributed by atoms with E-state index < -0.39 is 0 Å². The second-order valence-electron chi connectivity index (χ2n) is 5.50. The van der Waals surface area contributed by atoms with Crippen LogP contribution in [0.25, 0.3) is 11.5 Å². The topological polar surface area (TPSA) is 77.2 Å². The van der Waals surface area contributed by atoms with Gasteiger partial charge < -0.3 is 14.5 Å². The SMILES string of the molecule is COc1cccc(NC(=O)CCCc2nnc(-c3ccccc3)o2)c1. The van der Waals surface area contributed by atoms with E-state index in [1.54, 1.807) is 13.2 Å². The summed E-state index contributed by atoms with van der Waals surface area (Å²) in [4.78, 5) is 12.0. The minimum atomic E-state index is -0.0592. The zero-order chi connectivity index (χ0) is 17.5. The molecule has 1 amide bonds. The number of rotatable bonds is 7. The van der Waals surface area contributed by atoms with Crippen LogP contribution in [0.5, 0.6) is 5.75 Å². The summed E-state index contributed by atoms with van der Waals surface area (Å²) in [7, 11) is 1.59. The minimum Gasteiger partial charge on any atom is -0.497 e. The summed E-state index contributed by atoms with van der Waals surface area (Å²) in [6.45, 7) is 0. The van der Waals surface area contributed by atoms with Gasteiger partial charge in [-0.05, 0) is 30.7 Å². The smallest absolute Gasteiger partial charge is 0.247 e. The maximum absolute atomic E-state index is 12.0. The van der Waals surface area contributed by atoms with E-state index >= 15 is 0 Å². The van der Waals surface area contributed by atoms with Gasteiger partial charge in [0.1, 0.15) is 5.75 Å². The lowest BCUT2D eigenvalue weighted by atomic mass is 10.2. The fraction of sp³-hybridized carbons (Fsp3) is 0.211. The molecular formula is C19H19N3O3. The number of amides is 1. The maximum Gasteiger partial charge on any atom is 0.247 e. The molecule has 0 aliphatic rings. The van der Waals surface area contributed by atoms with Crippen molar-refractivity contribution in [3.63, 3.8) is 0 Å². The molecule has 25 heavy (non-hydrogen) atoms. The first-order valence-corrected chi connectivity index (χ1v) is 8.06. The lowest BCUT2D eigenvalue weighted by Gasteiger charge is -2.06. The maximum atomic E-state index is 12.0. The van der Waals surface area contributed by atoms with Crippen LogP contribution in [0.3, 0.4) is 0 Å². The van der Waals surface area contributed by atoms with Crippen LogP contribution in [0.2, 0.25) is 0 Å². The van der Waals surface area contributed by atoms with Gasteiger partial charge in [0.05, 0.1) is 7.11 Å². The molecule has 128 valence electrons. The normalized spacial score (nSPS) is 10.4. The van der Waals surface area contributed by atoms with Gasteiger partial charge in [-0.25, -0.2) is 0 Å². The number of nitrogens with zero attached hydrogens (tertiary/aromatic N) is 2. The second-order valence-corrected chi connectivity index (χ2v) is 5.50. The number of carbonyl (C=O) groups excluding carboxylic acids is 1. The molecule has 6 heteroatoms. The van der Waals surface area contributed by atoms with Crippen molar-refractivity contribution in [3.05, 3.63) is 60.5 Å². The molecule has 1 N–H and O–H groups in total. The lowest BCUT2D eigenvalue weighted by molar-refractivity contribution is -0.116. The molecule has 0 saturated heterocycles. The Morgan fingerprint density at radius 3 is 2.76 bits per heavy atom. The monoisotopic (exact) mass is 337 g/mol. The molecule has 0 radical (unpaired) electrons. The Kier molecular flexibility index (Phi) is 5.41. The Hall–Kier alpha value is -3.15. The Morgan fingerprint density at radius 1 is 1.12 bits per heavy atom. The average molecular weight is 337 g/mol. The van der Waals surface area contributed by atoms with Crippen LogP contribution in [0.15, 0.2) is 59.0 Å². The fourth-order valence-corrected chi connectivity index (χ4v) is 2.38. The highest BCUT2D eigenvalue weighted by molar-refractivity contribution is 5.90. The number of methoxy groups -OCH3 is 1. The summed E-state index contributed by atoms with van der Waals surface area (Å²) in [6, 6.07) is 16.9. The largest absolute Gasteiger partial charge is 0.497 e. The number of carbonyl (C=O) groups is 1. The van der Waals surface area contributed by atoms with E-state index in [0.29, 0.717) is 42.5 Å². The molecule has 0 fully saturated rings. The first-order valence-electron chi connectivity index (χ1n) is 8.06. The van der Waals surface area contributed by atoms with Gasteiger partial charge in [0.15, 0.2) is 0 Å². The van der Waals surface area contributed by atoms with Gasteiger partial charge >= 0.3 is 0 Å². The molecule has 0 atom stereocenters. The first-order chi connectivity index (χ1) is 12.2. The quantitative estimate of drug-likeness (QED) is 0.711. The third-order valence-corrected chi connectivity index (χ3v) is 3.64. The van der Waals surface area contributed by atoms with Gasteiger partial charge in [-0.3, -0.25) is 4.79 Å². The molecule has 3 aromatic rings. The first kappa shape index (κ1) is 16.7. The predicted octanol–water partition coefficient (Wildman–Crippen LogP) is 3.71. The summed E-state index contributed by atoms with van der Waals surface area (Å²) >= 11 is 0. The van der Waals surface area contributed by atoms with Crippen molar-refractivity contribution in [2.75, 3.05) is 12.4 Å². The van der Waals surface area contributed by atoms with E-state index in [4.69, 9.17) is 9.15 Å². The summed E-state index contributed by atoms with van der Waals surface area (Å²) in [5.41, 5.74) is 1.60. The standard InChI is InChI=1S/C19H19N3O3/c1-24-16-10-5-9-15(13-16)20-17(23)11-6-12-18-21-22-19(25-18)14-7-3-2-4-8-14/h2-5,7-10,13H,6,11-12H2,1H3,(H,20,23). The lowest BCUT2D eigenvalue weighted by Crippen LogP contribution is -2.11. The number of hydrogen-bond acceptors (Lipinski definition) is 5. The van der Waals surface area contributed by atoms with Crippen molar-refractivity contribution in [2.45, 2.75) is 19.3 Å². The summed E-state index contributed by atoms with van der Waals surface area (Å²) in [5, 5.41) is 10.9. The van der Waals surface area contributed by atoms with E-state index in [1.165, 1.54) is 0 Å². The van der Waals surface area contributed by atoms with Crippen molar-refractivity contribution in [3.8, 4) is 17.2 Å². The zero-order valence-corrected chi connectivity index (χ0v) is 13.9. The van der Waals surface area contributed by atoms with Crippen LogP contribution in [0.4, 0.5) is 5.69 Å². The highest BCUT2D eigenvalue weighted by atomic mass is 16.5. The molecule has 6 nitrogen and oxygen atoms in total. The van der Waals surface area contributed by atoms with Gasteiger partial charge in [-0.15, -0.1) is 10.2 Å². The van der Waals surface area contributed by atoms with Gasteiger partial charge in [-0.2, -0.15) is 0 Å². The fourth-order valence-electron chi connectivity index (χ4n) is 2.38. The van der Waals surface area contributed by atoms with Crippen molar-refractivity contribution in [1.29, 1.82) is 0 Å². The molecule has 1 aromatic heterocycles. The van der Waals surface area contributed by atoms with Gasteiger partial charge in [-0.1, -0.05) is 24.3 Å². The highest BCUT2D eigenvalue weighted by Crippen LogP contribution is 2.19. The molecule has 0 unspecified atom stereocenters. The van der Waals surface area contributed by atoms with E-state index in [-0.39, 0.29) is 5.91 Å². The molecule has 0 aliphatic heterocycles. The molecule has 1 heterocycles. The highest BCUT2D eigenvalue weighted by Gasteiger charge is 2.09. The summed E-state index contributed by atoms with van der Waals surface area (Å²) in [6.07, 6.45) is 1.57. The average Bonchev–Trinajstić information content (AvgIpc) is 3.11. The Bertz CT molecular complexity index is 831. The number of nitrogens with one attached hydrogen (secondary N) is 1. The van der Waals surface area contributed by atoms with Gasteiger partial charge in [0.2, 0.25) is 17.7 Å². The predicted molar refractivity (Wildman–Crippen MR) is 94.3 cm³/mol. The molecule has 3 rings (SSSR count). The number of ether oxygens (including phenoxy) is 1. The number of aromatic nitrogens is 2. The number of anilines is 1. The zero-order valence-electron chi connectivity index (χ0n) is 13.9. The summed E-state index contributed by atoms with van der Waals surface area (Å²) < 4.78 is 10.8. The molecule has 0 bridgehead atoms. The number of hydrogen-bond donors (Lipinski definition) is 1. The number of aryl methyl sites for hydroxylation is 1. The van der Waals surface area contributed by atoms with E-state index in [9.17, 15) is 4.79 Å². The van der Waals surface area contributed by atoms with Gasteiger partial charge in [0, 0.05) is 30.2 Å². The van der Waals surface area contributed by atoms with Gasteiger partial charge in [0.25, 0.3) is 0 Å². The van der Waals surface area contributed by atoms with E-state index in [1.807, 2.05) is 48.5 Å². The second kappa shape index (κ2) is 8.10. The molecule has 2 aromatic carbocycles. The molecular weight excluding hydrogens is 318 g/mol. The van der Waals surface area contributed by atoms with E-state index in [2.05, 4.69) is 15.5 Å². The van der Waals surface area contributed by atoms with E-state index in [0.717, 1.165) is 5.56 Å². The van der Waals surface area contributed by atoms with Crippen molar-refractivity contribution < 1.29 is 13.9 Å². The van der Waals surface area contributed by atoms with Crippen LogP contribution in [-0.4, -0.2) is 23.2 Å². The Labute approximate surface area is 145 Å². The van der Waals surface area contributed by atoms with Crippen LogP contribution in [-0.2, 0) is 11.2 Å². The van der Waals surface area contributed by atoms with Crippen LogP contribution in [0, 0.1) is 0 Å². The van der Waals surface area contributed by atoms with Crippen molar-refractivity contribution >= 4 is 11.6 Å². The van der Waals surface area contributed by atoms with Crippen molar-refractivity contribution in [1.82, 2.24) is 10.2 Å². The molecule has 0 aliphatic carbocycles. The molecule has 0 saturated carbocycles. The van der Waals surface area contributed by atoms with Crippen molar-refractivity contribution in [2.24, 2.45) is 0 Å². The minimum absolute atomic E-state index is 0.0592. The molecule has 0 spiro atoms. The third-order valence-electron chi connectivity index (χ3n) is 3.64.